The molecule has 0 unspecified atom stereocenters. The van der Waals surface area contributed by atoms with Crippen molar-refractivity contribution in [2.75, 3.05) is 5.32 Å². The van der Waals surface area contributed by atoms with Gasteiger partial charge in [-0.2, -0.15) is 5.10 Å². The predicted octanol–water partition coefficient (Wildman–Crippen LogP) is 5.43. The van der Waals surface area contributed by atoms with Crippen LogP contribution in [0.1, 0.15) is 61.5 Å². The van der Waals surface area contributed by atoms with Gasteiger partial charge in [0.1, 0.15) is 0 Å². The van der Waals surface area contributed by atoms with Crippen LogP contribution >= 0.6 is 11.6 Å². The van der Waals surface area contributed by atoms with E-state index in [1.165, 1.54) is 16.7 Å². The first kappa shape index (κ1) is 16.8. The molecule has 118 valence electrons. The van der Waals surface area contributed by atoms with Crippen LogP contribution in [0.15, 0.2) is 24.3 Å². The van der Waals surface area contributed by atoms with Gasteiger partial charge in [-0.15, -0.1) is 5.10 Å². The fourth-order valence-corrected chi connectivity index (χ4v) is 2.72. The minimum absolute atomic E-state index is 0.203. The number of hydrogen-bond acceptors (Lipinski definition) is 3. The van der Waals surface area contributed by atoms with Crippen molar-refractivity contribution in [1.82, 2.24) is 10.2 Å². The number of aromatic nitrogens is 2. The summed E-state index contributed by atoms with van der Waals surface area (Å²) in [5.41, 5.74) is 4.67. The second kappa shape index (κ2) is 7.10. The Labute approximate surface area is 138 Å². The van der Waals surface area contributed by atoms with Gasteiger partial charge < -0.3 is 5.32 Å². The number of benzene rings is 1. The molecule has 1 atom stereocenters. The van der Waals surface area contributed by atoms with E-state index in [1.807, 2.05) is 12.1 Å². The molecule has 1 heterocycles. The average Bonchev–Trinajstić information content (AvgIpc) is 2.49. The molecule has 22 heavy (non-hydrogen) atoms. The maximum Gasteiger partial charge on any atom is 0.152 e. The Morgan fingerprint density at radius 1 is 1.05 bits per heavy atom. The summed E-state index contributed by atoms with van der Waals surface area (Å²) in [5.74, 6) is 1.25. The van der Waals surface area contributed by atoms with Gasteiger partial charge in [-0.25, -0.2) is 0 Å². The molecule has 0 fully saturated rings. The van der Waals surface area contributed by atoms with Crippen LogP contribution in [0.5, 0.6) is 0 Å². The maximum absolute atomic E-state index is 5.97. The summed E-state index contributed by atoms with van der Waals surface area (Å²) >= 11 is 5.97. The molecule has 1 N–H and O–H groups in total. The number of anilines is 1. The van der Waals surface area contributed by atoms with Crippen molar-refractivity contribution in [2.45, 2.75) is 53.0 Å². The van der Waals surface area contributed by atoms with Crippen molar-refractivity contribution in [3.63, 3.8) is 0 Å². The number of rotatable bonds is 5. The summed E-state index contributed by atoms with van der Waals surface area (Å²) in [7, 11) is 0. The summed E-state index contributed by atoms with van der Waals surface area (Å²) in [5, 5.41) is 13.1. The summed E-state index contributed by atoms with van der Waals surface area (Å²) in [6, 6.07) is 8.16. The zero-order valence-electron chi connectivity index (χ0n) is 13.9. The molecule has 3 nitrogen and oxygen atoms in total. The molecule has 0 spiro atoms. The van der Waals surface area contributed by atoms with Gasteiger partial charge in [0.2, 0.25) is 0 Å². The lowest BCUT2D eigenvalue weighted by Gasteiger charge is -2.21. The lowest BCUT2D eigenvalue weighted by molar-refractivity contribution is 0.725. The van der Waals surface area contributed by atoms with Crippen LogP contribution in [-0.2, 0) is 0 Å². The Balaban J connectivity index is 2.28. The first-order valence-corrected chi connectivity index (χ1v) is 8.17. The lowest BCUT2D eigenvalue weighted by Crippen LogP contribution is -2.14. The van der Waals surface area contributed by atoms with Gasteiger partial charge in [-0.1, -0.05) is 44.5 Å². The normalized spacial score (nSPS) is 12.5. The smallest absolute Gasteiger partial charge is 0.152 e. The van der Waals surface area contributed by atoms with Crippen LogP contribution in [0, 0.1) is 13.8 Å². The second-order valence-electron chi connectivity index (χ2n) is 6.00. The molecule has 0 aliphatic carbocycles. The molecule has 2 rings (SSSR count). The Bertz CT molecular complexity index is 636. The Hall–Kier alpha value is -1.61. The molecule has 0 saturated carbocycles. The SMILES string of the molecule is CC[C@H](Nc1nnc(C(C)C)c(C)c1C)c1ccc(Cl)cc1. The zero-order valence-corrected chi connectivity index (χ0v) is 14.7. The summed E-state index contributed by atoms with van der Waals surface area (Å²) < 4.78 is 0. The molecule has 0 saturated heterocycles. The highest BCUT2D eigenvalue weighted by Gasteiger charge is 2.15. The van der Waals surface area contributed by atoms with Gasteiger partial charge in [0.15, 0.2) is 5.82 Å². The van der Waals surface area contributed by atoms with Crippen LogP contribution in [-0.4, -0.2) is 10.2 Å². The van der Waals surface area contributed by atoms with E-state index in [1.54, 1.807) is 0 Å². The molecule has 0 amide bonds. The highest BCUT2D eigenvalue weighted by Crippen LogP contribution is 2.27. The van der Waals surface area contributed by atoms with Gasteiger partial charge in [-0.3, -0.25) is 0 Å². The molecule has 0 aliphatic rings. The second-order valence-corrected chi connectivity index (χ2v) is 6.43. The monoisotopic (exact) mass is 317 g/mol. The molecule has 0 bridgehead atoms. The van der Waals surface area contributed by atoms with Crippen molar-refractivity contribution in [3.8, 4) is 0 Å². The molecule has 2 aromatic rings. The van der Waals surface area contributed by atoms with E-state index >= 15 is 0 Å². The zero-order chi connectivity index (χ0) is 16.3. The minimum atomic E-state index is 0.203. The number of nitrogens with zero attached hydrogens (tertiary/aromatic N) is 2. The highest BCUT2D eigenvalue weighted by molar-refractivity contribution is 6.30. The minimum Gasteiger partial charge on any atom is -0.362 e. The number of halogens is 1. The van der Waals surface area contributed by atoms with E-state index in [0.717, 1.165) is 23.0 Å². The summed E-state index contributed by atoms with van der Waals surface area (Å²) in [6.07, 6.45) is 0.966. The third-order valence-corrected chi connectivity index (χ3v) is 4.35. The van der Waals surface area contributed by atoms with Crippen LogP contribution in [0.4, 0.5) is 5.82 Å². The van der Waals surface area contributed by atoms with E-state index in [2.05, 4.69) is 62.3 Å². The fraction of sp³-hybridized carbons (Fsp3) is 0.444. The number of hydrogen-bond donors (Lipinski definition) is 1. The predicted molar refractivity (Wildman–Crippen MR) is 93.7 cm³/mol. The maximum atomic E-state index is 5.97. The van der Waals surface area contributed by atoms with Crippen molar-refractivity contribution in [2.24, 2.45) is 0 Å². The van der Waals surface area contributed by atoms with Gasteiger partial charge in [0.25, 0.3) is 0 Å². The van der Waals surface area contributed by atoms with E-state index < -0.39 is 0 Å². The average molecular weight is 318 g/mol. The van der Waals surface area contributed by atoms with E-state index in [4.69, 9.17) is 11.6 Å². The van der Waals surface area contributed by atoms with Gasteiger partial charge in [0, 0.05) is 5.02 Å². The van der Waals surface area contributed by atoms with Crippen LogP contribution < -0.4 is 5.32 Å². The van der Waals surface area contributed by atoms with Gasteiger partial charge in [-0.05, 0) is 55.0 Å². The largest absolute Gasteiger partial charge is 0.362 e. The van der Waals surface area contributed by atoms with E-state index in [9.17, 15) is 0 Å². The Morgan fingerprint density at radius 3 is 2.23 bits per heavy atom. The standard InChI is InChI=1S/C18H24ClN3/c1-6-16(14-7-9-15(19)10-8-14)20-18-13(5)12(4)17(11(2)3)21-22-18/h7-11,16H,6H2,1-5H3,(H,20,22)/t16-/m0/s1. The first-order chi connectivity index (χ1) is 10.4. The molecular weight excluding hydrogens is 294 g/mol. The topological polar surface area (TPSA) is 37.8 Å². The number of nitrogens with one attached hydrogen (secondary N) is 1. The molecule has 1 aromatic carbocycles. The van der Waals surface area contributed by atoms with Crippen LogP contribution in [0.3, 0.4) is 0 Å². The molecule has 1 aromatic heterocycles. The summed E-state index contributed by atoms with van der Waals surface area (Å²) in [6.45, 7) is 10.7. The quantitative estimate of drug-likeness (QED) is 0.798. The van der Waals surface area contributed by atoms with E-state index in [0.29, 0.717) is 5.92 Å². The van der Waals surface area contributed by atoms with Gasteiger partial charge in [0.05, 0.1) is 11.7 Å². The van der Waals surface area contributed by atoms with Crippen molar-refractivity contribution in [3.05, 3.63) is 51.7 Å². The van der Waals surface area contributed by atoms with Crippen molar-refractivity contribution in [1.29, 1.82) is 0 Å². The Morgan fingerprint density at radius 2 is 1.68 bits per heavy atom. The fourth-order valence-electron chi connectivity index (χ4n) is 2.59. The van der Waals surface area contributed by atoms with Crippen LogP contribution in [0.2, 0.25) is 5.02 Å². The van der Waals surface area contributed by atoms with Crippen LogP contribution in [0.25, 0.3) is 0 Å². The highest BCUT2D eigenvalue weighted by atomic mass is 35.5. The molecule has 0 radical (unpaired) electrons. The van der Waals surface area contributed by atoms with E-state index in [-0.39, 0.29) is 6.04 Å². The third-order valence-electron chi connectivity index (χ3n) is 4.10. The molecular formula is C18H24ClN3. The lowest BCUT2D eigenvalue weighted by atomic mass is 10.0. The first-order valence-electron chi connectivity index (χ1n) is 7.79. The molecule has 4 heteroatoms. The Kier molecular flexibility index (Phi) is 5.41. The van der Waals surface area contributed by atoms with Crippen molar-refractivity contribution < 1.29 is 0 Å². The summed E-state index contributed by atoms with van der Waals surface area (Å²) in [4.78, 5) is 0. The molecule has 0 aliphatic heterocycles. The third kappa shape index (κ3) is 3.58. The van der Waals surface area contributed by atoms with Crippen molar-refractivity contribution >= 4 is 17.4 Å². The van der Waals surface area contributed by atoms with Gasteiger partial charge >= 0.3 is 0 Å².